The van der Waals surface area contributed by atoms with Crippen LogP contribution in [0.1, 0.15) is 17.1 Å². The van der Waals surface area contributed by atoms with Crippen LogP contribution in [0.3, 0.4) is 0 Å². The minimum atomic E-state index is -0.357. The third-order valence-electron chi connectivity index (χ3n) is 5.14. The van der Waals surface area contributed by atoms with Gasteiger partial charge in [0.15, 0.2) is 11.0 Å². The number of aryl methyl sites for hydroxylation is 1. The van der Waals surface area contributed by atoms with Crippen molar-refractivity contribution in [3.8, 4) is 11.4 Å². The lowest BCUT2D eigenvalue weighted by molar-refractivity contribution is 0.291. The lowest BCUT2D eigenvalue weighted by Gasteiger charge is -2.13. The van der Waals surface area contributed by atoms with Crippen molar-refractivity contribution in [1.82, 2.24) is 23.9 Å². The molecule has 32 heavy (non-hydrogen) atoms. The molecule has 0 unspecified atom stereocenters. The second-order valence-corrected chi connectivity index (χ2v) is 8.23. The predicted molar refractivity (Wildman–Crippen MR) is 123 cm³/mol. The fraction of sp³-hybridized carbons (Fsp3) is 0.217. The lowest BCUT2D eigenvalue weighted by Crippen LogP contribution is -2.37. The highest BCUT2D eigenvalue weighted by molar-refractivity contribution is 7.98. The van der Waals surface area contributed by atoms with Crippen molar-refractivity contribution in [3.63, 3.8) is 0 Å². The van der Waals surface area contributed by atoms with Gasteiger partial charge in [-0.25, -0.2) is 4.79 Å². The molecular formula is C23H23N5O3S. The summed E-state index contributed by atoms with van der Waals surface area (Å²) in [6.07, 6.45) is 0. The Kier molecular flexibility index (Phi) is 6.27. The molecule has 0 spiro atoms. The molecule has 8 nitrogen and oxygen atoms in total. The zero-order valence-corrected chi connectivity index (χ0v) is 18.9. The third kappa shape index (κ3) is 4.38. The highest BCUT2D eigenvalue weighted by atomic mass is 32.2. The topological polar surface area (TPSA) is 83.9 Å². The van der Waals surface area contributed by atoms with Gasteiger partial charge in [-0.05, 0) is 30.7 Å². The first kappa shape index (κ1) is 21.6. The van der Waals surface area contributed by atoms with E-state index in [0.29, 0.717) is 22.4 Å². The highest BCUT2D eigenvalue weighted by Gasteiger charge is 2.16. The summed E-state index contributed by atoms with van der Waals surface area (Å²) in [4.78, 5) is 24.3. The van der Waals surface area contributed by atoms with Crippen LogP contribution in [0.5, 0.6) is 5.75 Å². The highest BCUT2D eigenvalue weighted by Crippen LogP contribution is 2.26. The summed E-state index contributed by atoms with van der Waals surface area (Å²) in [5, 5.41) is 9.36. The van der Waals surface area contributed by atoms with Crippen molar-refractivity contribution in [2.24, 2.45) is 14.1 Å². The van der Waals surface area contributed by atoms with Crippen LogP contribution >= 0.6 is 11.8 Å². The van der Waals surface area contributed by atoms with Crippen LogP contribution in [0, 0.1) is 6.92 Å². The fourth-order valence-electron chi connectivity index (χ4n) is 3.24. The third-order valence-corrected chi connectivity index (χ3v) is 6.10. The Labute approximate surface area is 189 Å². The zero-order chi connectivity index (χ0) is 22.7. The van der Waals surface area contributed by atoms with Crippen LogP contribution in [0.2, 0.25) is 0 Å². The summed E-state index contributed by atoms with van der Waals surface area (Å²) in [6, 6.07) is 19.1. The number of thioether (sulfide) groups is 1. The van der Waals surface area contributed by atoms with Gasteiger partial charge >= 0.3 is 5.69 Å². The normalized spacial score (nSPS) is 11.0. The number of aromatic nitrogens is 5. The number of benzene rings is 2. The number of para-hydroxylation sites is 2. The minimum absolute atomic E-state index is 0.248. The second kappa shape index (κ2) is 9.27. The average molecular weight is 450 g/mol. The Morgan fingerprint density at radius 2 is 1.66 bits per heavy atom. The van der Waals surface area contributed by atoms with Crippen LogP contribution in [0.25, 0.3) is 5.69 Å². The molecule has 0 aliphatic rings. The first-order valence-corrected chi connectivity index (χ1v) is 11.0. The fourth-order valence-corrected chi connectivity index (χ4v) is 4.23. The van der Waals surface area contributed by atoms with Crippen molar-refractivity contribution in [3.05, 3.63) is 98.6 Å². The van der Waals surface area contributed by atoms with E-state index in [4.69, 9.17) is 4.74 Å². The Hall–Kier alpha value is -3.59. The van der Waals surface area contributed by atoms with Crippen molar-refractivity contribution in [2.75, 3.05) is 0 Å². The molecule has 0 N–H and O–H groups in total. The number of hydrogen-bond acceptors (Lipinski definition) is 6. The van der Waals surface area contributed by atoms with E-state index in [0.717, 1.165) is 21.6 Å². The van der Waals surface area contributed by atoms with Gasteiger partial charge in [0, 0.05) is 37.3 Å². The summed E-state index contributed by atoms with van der Waals surface area (Å²) in [6.45, 7) is 2.24. The molecule has 164 valence electrons. The van der Waals surface area contributed by atoms with Crippen molar-refractivity contribution >= 4 is 11.8 Å². The maximum absolute atomic E-state index is 12.2. The summed E-state index contributed by atoms with van der Waals surface area (Å²) in [5.41, 5.74) is 1.87. The summed E-state index contributed by atoms with van der Waals surface area (Å²) < 4.78 is 10.5. The van der Waals surface area contributed by atoms with Gasteiger partial charge in [0.05, 0.1) is 0 Å². The van der Waals surface area contributed by atoms with E-state index >= 15 is 0 Å². The molecule has 0 bridgehead atoms. The smallest absolute Gasteiger partial charge is 0.330 e. The molecular weight excluding hydrogens is 426 g/mol. The van der Waals surface area contributed by atoms with Gasteiger partial charge in [-0.2, -0.15) is 0 Å². The molecule has 0 saturated heterocycles. The van der Waals surface area contributed by atoms with Gasteiger partial charge in [-0.3, -0.25) is 18.5 Å². The molecule has 2 aromatic heterocycles. The standard InChI is InChI=1S/C23H23N5O3S/c1-16-9-7-8-12-19(16)31-14-20-24-25-22(28(20)17-10-5-4-6-11-17)32-15-18-13-21(29)27(3)23(30)26(18)2/h4-13H,14-15H2,1-3H3. The molecule has 0 fully saturated rings. The number of nitrogens with zero attached hydrogens (tertiary/aromatic N) is 5. The largest absolute Gasteiger partial charge is 0.485 e. The van der Waals surface area contributed by atoms with Crippen LogP contribution in [-0.2, 0) is 26.5 Å². The molecule has 9 heteroatoms. The molecule has 4 aromatic rings. The number of ether oxygens (including phenoxy) is 1. The molecule has 0 amide bonds. The van der Waals surface area contributed by atoms with Gasteiger partial charge in [0.25, 0.3) is 5.56 Å². The Morgan fingerprint density at radius 3 is 2.41 bits per heavy atom. The average Bonchev–Trinajstić information content (AvgIpc) is 3.22. The van der Waals surface area contributed by atoms with E-state index < -0.39 is 0 Å². The quantitative estimate of drug-likeness (QED) is 0.404. The van der Waals surface area contributed by atoms with Crippen LogP contribution < -0.4 is 16.0 Å². The van der Waals surface area contributed by atoms with Gasteiger partial charge in [0.2, 0.25) is 0 Å². The SMILES string of the molecule is Cc1ccccc1OCc1nnc(SCc2cc(=O)n(C)c(=O)n2C)n1-c1ccccc1. The molecule has 0 aliphatic carbocycles. The summed E-state index contributed by atoms with van der Waals surface area (Å²) in [5.74, 6) is 1.84. The number of rotatable bonds is 7. The van der Waals surface area contributed by atoms with Gasteiger partial charge in [-0.15, -0.1) is 10.2 Å². The van der Waals surface area contributed by atoms with E-state index in [1.165, 1.54) is 29.4 Å². The maximum atomic E-state index is 12.2. The summed E-state index contributed by atoms with van der Waals surface area (Å²) >= 11 is 1.40. The van der Waals surface area contributed by atoms with E-state index in [-0.39, 0.29) is 17.9 Å². The van der Waals surface area contributed by atoms with E-state index in [9.17, 15) is 9.59 Å². The second-order valence-electron chi connectivity index (χ2n) is 7.29. The maximum Gasteiger partial charge on any atom is 0.330 e. The van der Waals surface area contributed by atoms with Crippen molar-refractivity contribution in [2.45, 2.75) is 24.4 Å². The molecule has 2 aromatic carbocycles. The molecule has 0 saturated carbocycles. The monoisotopic (exact) mass is 449 g/mol. The van der Waals surface area contributed by atoms with Crippen molar-refractivity contribution in [1.29, 1.82) is 0 Å². The molecule has 0 radical (unpaired) electrons. The number of hydrogen-bond donors (Lipinski definition) is 0. The molecule has 2 heterocycles. The Balaban J connectivity index is 1.64. The molecule has 0 atom stereocenters. The van der Waals surface area contributed by atoms with E-state index in [1.807, 2.05) is 66.1 Å². The van der Waals surface area contributed by atoms with Crippen molar-refractivity contribution < 1.29 is 4.74 Å². The first-order valence-electron chi connectivity index (χ1n) is 10.0. The minimum Gasteiger partial charge on any atom is -0.485 e. The zero-order valence-electron chi connectivity index (χ0n) is 18.1. The van der Waals surface area contributed by atoms with Gasteiger partial charge in [-0.1, -0.05) is 48.2 Å². The van der Waals surface area contributed by atoms with E-state index in [2.05, 4.69) is 10.2 Å². The first-order chi connectivity index (χ1) is 15.5. The molecule has 0 aliphatic heterocycles. The van der Waals surface area contributed by atoms with Gasteiger partial charge in [0.1, 0.15) is 12.4 Å². The summed E-state index contributed by atoms with van der Waals surface area (Å²) in [7, 11) is 3.12. The van der Waals surface area contributed by atoms with Gasteiger partial charge < -0.3 is 4.74 Å². The van der Waals surface area contributed by atoms with E-state index in [1.54, 1.807) is 7.05 Å². The molecule has 4 rings (SSSR count). The van der Waals surface area contributed by atoms with Crippen LogP contribution in [-0.4, -0.2) is 23.9 Å². The Bertz CT molecular complexity index is 1360. The Morgan fingerprint density at radius 1 is 0.938 bits per heavy atom. The predicted octanol–water partition coefficient (Wildman–Crippen LogP) is 2.84. The lowest BCUT2D eigenvalue weighted by atomic mass is 10.2. The van der Waals surface area contributed by atoms with Crippen LogP contribution in [0.4, 0.5) is 0 Å². The van der Waals surface area contributed by atoms with Crippen LogP contribution in [0.15, 0.2) is 75.4 Å².